The zero-order valence-corrected chi connectivity index (χ0v) is 14.2. The Balaban J connectivity index is 1.65. The van der Waals surface area contributed by atoms with Gasteiger partial charge < -0.3 is 9.47 Å². The lowest BCUT2D eigenvalue weighted by Gasteiger charge is -2.24. The van der Waals surface area contributed by atoms with Crippen LogP contribution >= 0.6 is 11.3 Å². The Hall–Kier alpha value is -1.76. The maximum absolute atomic E-state index is 12.9. The molecular formula is C16H21N5OS. The molecule has 0 bridgehead atoms. The van der Waals surface area contributed by atoms with Gasteiger partial charge >= 0.3 is 0 Å². The molecule has 122 valence electrons. The molecule has 2 aliphatic rings. The molecule has 1 saturated heterocycles. The van der Waals surface area contributed by atoms with Gasteiger partial charge in [0.2, 0.25) is 0 Å². The minimum Gasteiger partial charge on any atom is -0.328 e. The number of hydrogen-bond donors (Lipinski definition) is 0. The van der Waals surface area contributed by atoms with Crippen LogP contribution in [0.4, 0.5) is 0 Å². The van der Waals surface area contributed by atoms with Crippen molar-refractivity contribution in [3.8, 4) is 0 Å². The molecule has 2 aromatic heterocycles. The van der Waals surface area contributed by atoms with Crippen LogP contribution in [0.5, 0.6) is 0 Å². The molecule has 0 spiro atoms. The predicted molar refractivity (Wildman–Crippen MR) is 87.4 cm³/mol. The quantitative estimate of drug-likeness (QED) is 0.849. The lowest BCUT2D eigenvalue weighted by atomic mass is 10.2. The number of likely N-dealkylation sites (tertiary alicyclic amines) is 1. The van der Waals surface area contributed by atoms with E-state index in [9.17, 15) is 4.79 Å². The number of carbonyl (C=O) groups is 1. The van der Waals surface area contributed by atoms with Gasteiger partial charge in [0.05, 0.1) is 17.2 Å². The normalized spacial score (nSPS) is 21.3. The molecule has 6 nitrogen and oxygen atoms in total. The van der Waals surface area contributed by atoms with Gasteiger partial charge in [-0.2, -0.15) is 0 Å². The van der Waals surface area contributed by atoms with Crippen LogP contribution in [0.1, 0.15) is 65.2 Å². The second-order valence-electron chi connectivity index (χ2n) is 6.36. The van der Waals surface area contributed by atoms with E-state index in [1.807, 2.05) is 11.8 Å². The van der Waals surface area contributed by atoms with Gasteiger partial charge in [-0.3, -0.25) is 4.79 Å². The summed E-state index contributed by atoms with van der Waals surface area (Å²) >= 11 is 1.43. The number of thiazole rings is 1. The van der Waals surface area contributed by atoms with Gasteiger partial charge in [0.1, 0.15) is 10.7 Å². The first-order valence-corrected chi connectivity index (χ1v) is 9.26. The van der Waals surface area contributed by atoms with Crippen molar-refractivity contribution in [2.24, 2.45) is 0 Å². The van der Waals surface area contributed by atoms with Crippen molar-refractivity contribution in [1.82, 2.24) is 24.6 Å². The van der Waals surface area contributed by atoms with E-state index < -0.39 is 0 Å². The lowest BCUT2D eigenvalue weighted by Crippen LogP contribution is -2.32. The minimum atomic E-state index is 0.0587. The van der Waals surface area contributed by atoms with E-state index in [0.29, 0.717) is 0 Å². The van der Waals surface area contributed by atoms with Crippen molar-refractivity contribution < 1.29 is 4.79 Å². The van der Waals surface area contributed by atoms with Gasteiger partial charge in [-0.25, -0.2) is 4.98 Å². The molecule has 4 rings (SSSR count). The van der Waals surface area contributed by atoms with Crippen LogP contribution < -0.4 is 0 Å². The highest BCUT2D eigenvalue weighted by molar-refractivity contribution is 7.11. The Labute approximate surface area is 139 Å². The molecule has 1 atom stereocenters. The van der Waals surface area contributed by atoms with Crippen molar-refractivity contribution >= 4 is 17.2 Å². The first-order valence-electron chi connectivity index (χ1n) is 8.38. The molecule has 0 saturated carbocycles. The Morgan fingerprint density at radius 3 is 2.96 bits per heavy atom. The van der Waals surface area contributed by atoms with Crippen molar-refractivity contribution in [2.75, 3.05) is 6.54 Å². The van der Waals surface area contributed by atoms with Crippen molar-refractivity contribution in [3.63, 3.8) is 0 Å². The summed E-state index contributed by atoms with van der Waals surface area (Å²) in [5.41, 5.74) is 2.57. The summed E-state index contributed by atoms with van der Waals surface area (Å²) < 4.78 is 2.27. The summed E-state index contributed by atoms with van der Waals surface area (Å²) in [6, 6.07) is 0.0587. The average molecular weight is 331 g/mol. The van der Waals surface area contributed by atoms with Crippen LogP contribution in [0.2, 0.25) is 0 Å². The maximum atomic E-state index is 12.9. The summed E-state index contributed by atoms with van der Waals surface area (Å²) in [5.74, 6) is 2.17. The Morgan fingerprint density at radius 2 is 2.13 bits per heavy atom. The van der Waals surface area contributed by atoms with E-state index in [2.05, 4.69) is 19.7 Å². The molecule has 0 aliphatic carbocycles. The number of rotatable bonds is 2. The highest BCUT2D eigenvalue weighted by Crippen LogP contribution is 2.34. The van der Waals surface area contributed by atoms with Crippen molar-refractivity contribution in [3.05, 3.63) is 27.7 Å². The Bertz CT molecular complexity index is 722. The molecule has 2 aromatic rings. The van der Waals surface area contributed by atoms with Gasteiger partial charge in [-0.05, 0) is 32.6 Å². The number of hydrogen-bond acceptors (Lipinski definition) is 5. The third-order valence-electron chi connectivity index (χ3n) is 4.89. The van der Waals surface area contributed by atoms with Gasteiger partial charge in [-0.1, -0.05) is 6.42 Å². The fraction of sp³-hybridized carbons (Fsp3) is 0.625. The van der Waals surface area contributed by atoms with Gasteiger partial charge in [0.25, 0.3) is 5.91 Å². The number of nitrogens with zero attached hydrogens (tertiary/aromatic N) is 5. The van der Waals surface area contributed by atoms with Crippen LogP contribution in [0.3, 0.4) is 0 Å². The third-order valence-corrected chi connectivity index (χ3v) is 5.81. The van der Waals surface area contributed by atoms with Crippen LogP contribution in [-0.4, -0.2) is 37.1 Å². The van der Waals surface area contributed by atoms with E-state index in [-0.39, 0.29) is 11.9 Å². The predicted octanol–water partition coefficient (Wildman–Crippen LogP) is 2.75. The van der Waals surface area contributed by atoms with E-state index in [4.69, 9.17) is 0 Å². The number of amides is 1. The summed E-state index contributed by atoms with van der Waals surface area (Å²) in [6.45, 7) is 3.68. The average Bonchev–Trinajstić information content (AvgIpc) is 3.23. The Morgan fingerprint density at radius 1 is 1.22 bits per heavy atom. The minimum absolute atomic E-state index is 0.0587. The zero-order chi connectivity index (χ0) is 15.8. The molecule has 23 heavy (non-hydrogen) atoms. The van der Waals surface area contributed by atoms with Crippen LogP contribution in [0.25, 0.3) is 0 Å². The van der Waals surface area contributed by atoms with Crippen LogP contribution in [0.15, 0.2) is 5.51 Å². The Kier molecular flexibility index (Phi) is 3.88. The molecule has 2 aliphatic heterocycles. The standard InChI is InChI=1S/C16H21N5OS/c1-11-14(23-10-17-11)16(22)20-9-5-6-12(20)15-19-18-13-7-3-2-4-8-21(13)15/h10,12H,2-9H2,1H3. The van der Waals surface area contributed by atoms with E-state index in [0.717, 1.165) is 54.6 Å². The third kappa shape index (κ3) is 2.56. The molecule has 0 aromatic carbocycles. The largest absolute Gasteiger partial charge is 0.328 e. The van der Waals surface area contributed by atoms with E-state index >= 15 is 0 Å². The molecule has 1 amide bonds. The van der Waals surface area contributed by atoms with Gasteiger partial charge in [0, 0.05) is 19.5 Å². The second kappa shape index (κ2) is 6.03. The van der Waals surface area contributed by atoms with Crippen molar-refractivity contribution in [2.45, 2.75) is 58.0 Å². The summed E-state index contributed by atoms with van der Waals surface area (Å²) in [4.78, 5) is 19.9. The summed E-state index contributed by atoms with van der Waals surface area (Å²) in [7, 11) is 0. The molecular weight excluding hydrogens is 310 g/mol. The molecule has 4 heterocycles. The van der Waals surface area contributed by atoms with Crippen LogP contribution in [0, 0.1) is 6.92 Å². The fourth-order valence-electron chi connectivity index (χ4n) is 3.67. The van der Waals surface area contributed by atoms with E-state index in [1.165, 1.54) is 30.6 Å². The summed E-state index contributed by atoms with van der Waals surface area (Å²) in [6.07, 6.45) is 6.61. The zero-order valence-electron chi connectivity index (χ0n) is 13.4. The SMILES string of the molecule is Cc1ncsc1C(=O)N1CCCC1c1nnc2n1CCCCC2. The number of carbonyl (C=O) groups excluding carboxylic acids is 1. The highest BCUT2D eigenvalue weighted by atomic mass is 32.1. The van der Waals surface area contributed by atoms with Gasteiger partial charge in [-0.15, -0.1) is 21.5 Å². The molecule has 1 fully saturated rings. The van der Waals surface area contributed by atoms with E-state index in [1.54, 1.807) is 5.51 Å². The summed E-state index contributed by atoms with van der Waals surface area (Å²) in [5, 5.41) is 8.87. The molecule has 1 unspecified atom stereocenters. The number of fused-ring (bicyclic) bond motifs is 1. The van der Waals surface area contributed by atoms with Crippen LogP contribution in [-0.2, 0) is 13.0 Å². The molecule has 0 N–H and O–H groups in total. The lowest BCUT2D eigenvalue weighted by molar-refractivity contribution is 0.0731. The molecule has 0 radical (unpaired) electrons. The highest BCUT2D eigenvalue weighted by Gasteiger charge is 2.35. The fourth-order valence-corrected chi connectivity index (χ4v) is 4.43. The maximum Gasteiger partial charge on any atom is 0.266 e. The first-order chi connectivity index (χ1) is 11.3. The smallest absolute Gasteiger partial charge is 0.266 e. The van der Waals surface area contributed by atoms with Crippen molar-refractivity contribution in [1.29, 1.82) is 0 Å². The first kappa shape index (κ1) is 14.8. The topological polar surface area (TPSA) is 63.9 Å². The number of aryl methyl sites for hydroxylation is 2. The number of aromatic nitrogens is 4. The monoisotopic (exact) mass is 331 g/mol. The molecule has 7 heteroatoms. The second-order valence-corrected chi connectivity index (χ2v) is 7.21. The van der Waals surface area contributed by atoms with Gasteiger partial charge in [0.15, 0.2) is 5.82 Å².